The molecule has 0 aliphatic heterocycles. The molecule has 1 fully saturated rings. The third-order valence-corrected chi connectivity index (χ3v) is 8.47. The third kappa shape index (κ3) is 2.49. The maximum atomic E-state index is 10.2. The van der Waals surface area contributed by atoms with Crippen LogP contribution in [-0.2, 0) is 0 Å². The topological polar surface area (TPSA) is 20.2 Å². The third-order valence-electron chi connectivity index (χ3n) is 5.35. The Morgan fingerprint density at radius 2 is 2.10 bits per heavy atom. The summed E-state index contributed by atoms with van der Waals surface area (Å²) in [4.78, 5) is 1.38. The molecule has 0 unspecified atom stereocenters. The summed E-state index contributed by atoms with van der Waals surface area (Å²) < 4.78 is 0. The molecule has 1 aromatic heterocycles. The van der Waals surface area contributed by atoms with Crippen molar-refractivity contribution in [1.82, 2.24) is 0 Å². The summed E-state index contributed by atoms with van der Waals surface area (Å²) in [5.74, 6) is 0.449. The van der Waals surface area contributed by atoms with Crippen LogP contribution in [-0.4, -0.2) is 19.3 Å². The molecule has 2 aliphatic carbocycles. The highest BCUT2D eigenvalue weighted by Crippen LogP contribution is 2.58. The molecule has 1 heterocycles. The van der Waals surface area contributed by atoms with E-state index >= 15 is 0 Å². The van der Waals surface area contributed by atoms with Crippen LogP contribution in [0.5, 0.6) is 0 Å². The van der Waals surface area contributed by atoms with Gasteiger partial charge in [-0.2, -0.15) is 0 Å². The number of thiophene rings is 1. The molecule has 0 bridgehead atoms. The van der Waals surface area contributed by atoms with Crippen LogP contribution in [0.4, 0.5) is 0 Å². The van der Waals surface area contributed by atoms with Crippen LogP contribution in [0.15, 0.2) is 34.9 Å². The fourth-order valence-electron chi connectivity index (χ4n) is 4.31. The van der Waals surface area contributed by atoms with Crippen molar-refractivity contribution in [2.45, 2.75) is 51.9 Å². The first-order valence-electron chi connectivity index (χ1n) is 7.87. The normalized spacial score (nSPS) is 33.5. The molecule has 21 heavy (non-hydrogen) atoms. The van der Waals surface area contributed by atoms with Gasteiger partial charge >= 0.3 is 0 Å². The number of hydrogen-bond donors (Lipinski definition) is 1. The molecule has 1 N–H and O–H groups in total. The second-order valence-corrected chi connectivity index (χ2v) is 14.1. The monoisotopic (exact) mass is 318 g/mol. The van der Waals surface area contributed by atoms with Crippen molar-refractivity contribution in [3.05, 3.63) is 39.7 Å². The summed E-state index contributed by atoms with van der Waals surface area (Å²) in [6, 6.07) is 4.37. The molecular weight excluding hydrogens is 292 g/mol. The van der Waals surface area contributed by atoms with E-state index in [9.17, 15) is 5.11 Å². The van der Waals surface area contributed by atoms with E-state index in [1.807, 2.05) is 11.3 Å². The van der Waals surface area contributed by atoms with Gasteiger partial charge in [0.25, 0.3) is 0 Å². The number of aliphatic hydroxyl groups excluding tert-OH is 1. The highest BCUT2D eigenvalue weighted by Gasteiger charge is 2.50. The highest BCUT2D eigenvalue weighted by atomic mass is 32.1. The maximum absolute atomic E-state index is 10.2. The van der Waals surface area contributed by atoms with Gasteiger partial charge in [0.05, 0.1) is 14.2 Å². The first kappa shape index (κ1) is 15.3. The Kier molecular flexibility index (Phi) is 3.59. The lowest BCUT2D eigenvalue weighted by atomic mass is 9.68. The summed E-state index contributed by atoms with van der Waals surface area (Å²) in [6.07, 6.45) is 2.82. The molecule has 3 atom stereocenters. The molecule has 0 radical (unpaired) electrons. The van der Waals surface area contributed by atoms with Gasteiger partial charge in [0, 0.05) is 4.88 Å². The Morgan fingerprint density at radius 3 is 2.67 bits per heavy atom. The first-order chi connectivity index (χ1) is 9.72. The van der Waals surface area contributed by atoms with E-state index in [0.29, 0.717) is 5.92 Å². The Hall–Kier alpha value is -0.643. The van der Waals surface area contributed by atoms with E-state index in [0.717, 1.165) is 19.3 Å². The van der Waals surface area contributed by atoms with Crippen molar-refractivity contribution in [2.24, 2.45) is 11.3 Å². The van der Waals surface area contributed by atoms with E-state index in [1.54, 1.807) is 5.20 Å². The molecule has 1 aromatic rings. The highest BCUT2D eigenvalue weighted by molar-refractivity contribution is 7.11. The fraction of sp³-hybridized carbons (Fsp3) is 0.556. The molecule has 114 valence electrons. The lowest BCUT2D eigenvalue weighted by molar-refractivity contribution is 0.163. The van der Waals surface area contributed by atoms with Crippen LogP contribution in [0.2, 0.25) is 19.6 Å². The van der Waals surface area contributed by atoms with Crippen LogP contribution in [0.25, 0.3) is 5.57 Å². The second kappa shape index (κ2) is 4.93. The zero-order valence-corrected chi connectivity index (χ0v) is 15.4. The van der Waals surface area contributed by atoms with Crippen LogP contribution in [0.3, 0.4) is 0 Å². The lowest BCUT2D eigenvalue weighted by Crippen LogP contribution is -2.37. The zero-order valence-electron chi connectivity index (χ0n) is 13.6. The average Bonchev–Trinajstić information content (AvgIpc) is 2.95. The Morgan fingerprint density at radius 1 is 1.38 bits per heavy atom. The number of hydrogen-bond acceptors (Lipinski definition) is 2. The quantitative estimate of drug-likeness (QED) is 0.751. The average molecular weight is 319 g/mol. The van der Waals surface area contributed by atoms with Crippen LogP contribution in [0.1, 0.15) is 31.1 Å². The second-order valence-electron chi connectivity index (χ2n) is 8.08. The summed E-state index contributed by atoms with van der Waals surface area (Å²) in [5, 5.41) is 14.0. The summed E-state index contributed by atoms with van der Waals surface area (Å²) >= 11 is 1.83. The van der Waals surface area contributed by atoms with Gasteiger partial charge in [-0.25, -0.2) is 0 Å². The SMILES string of the molecule is C=C1C(c2cccs2)=C([Si](C)(C)C)C[C@@]2(C)C[C@@H](O)C[C@H]12. The molecule has 0 aromatic carbocycles. The zero-order chi connectivity index (χ0) is 15.4. The predicted molar refractivity (Wildman–Crippen MR) is 95.2 cm³/mol. The van der Waals surface area contributed by atoms with Crippen molar-refractivity contribution in [3.63, 3.8) is 0 Å². The van der Waals surface area contributed by atoms with Crippen molar-refractivity contribution >= 4 is 25.0 Å². The van der Waals surface area contributed by atoms with Crippen molar-refractivity contribution in [2.75, 3.05) is 0 Å². The van der Waals surface area contributed by atoms with Gasteiger partial charge in [-0.05, 0) is 53.2 Å². The summed E-state index contributed by atoms with van der Waals surface area (Å²) in [5.41, 5.74) is 2.95. The molecule has 1 nitrogen and oxygen atoms in total. The molecule has 3 rings (SSSR count). The van der Waals surface area contributed by atoms with E-state index in [-0.39, 0.29) is 11.5 Å². The van der Waals surface area contributed by atoms with Crippen molar-refractivity contribution in [3.8, 4) is 0 Å². The van der Waals surface area contributed by atoms with Gasteiger partial charge in [-0.15, -0.1) is 11.3 Å². The number of fused-ring (bicyclic) bond motifs is 1. The van der Waals surface area contributed by atoms with E-state index in [1.165, 1.54) is 16.0 Å². The van der Waals surface area contributed by atoms with Crippen LogP contribution < -0.4 is 0 Å². The standard InChI is InChI=1S/C18H26OSSi/c1-12-14-9-13(19)10-18(14,2)11-16(21(3,4)5)17(12)15-7-6-8-20-15/h6-8,13-14,19H,1,9-11H2,2-5H3/t13-,14+,18+/m0/s1. The number of rotatable bonds is 2. The van der Waals surface area contributed by atoms with Gasteiger partial charge in [-0.3, -0.25) is 0 Å². The van der Waals surface area contributed by atoms with Crippen LogP contribution in [0, 0.1) is 11.3 Å². The van der Waals surface area contributed by atoms with Gasteiger partial charge in [0.15, 0.2) is 0 Å². The van der Waals surface area contributed by atoms with Crippen molar-refractivity contribution in [1.29, 1.82) is 0 Å². The fourth-order valence-corrected chi connectivity index (χ4v) is 7.21. The Balaban J connectivity index is 2.16. The van der Waals surface area contributed by atoms with Crippen molar-refractivity contribution < 1.29 is 5.11 Å². The molecule has 0 amide bonds. The van der Waals surface area contributed by atoms with E-state index in [4.69, 9.17) is 0 Å². The van der Waals surface area contributed by atoms with Crippen LogP contribution >= 0.6 is 11.3 Å². The smallest absolute Gasteiger partial charge is 0.0733 e. The molecule has 0 saturated heterocycles. The van der Waals surface area contributed by atoms with Gasteiger partial charge in [0.2, 0.25) is 0 Å². The molecule has 3 heteroatoms. The van der Waals surface area contributed by atoms with E-state index < -0.39 is 8.07 Å². The van der Waals surface area contributed by atoms with E-state index in [2.05, 4.69) is 50.7 Å². The lowest BCUT2D eigenvalue weighted by Gasteiger charge is -2.43. The molecule has 2 aliphatic rings. The largest absolute Gasteiger partial charge is 0.393 e. The summed E-state index contributed by atoms with van der Waals surface area (Å²) in [7, 11) is -1.40. The molecule has 1 saturated carbocycles. The maximum Gasteiger partial charge on any atom is 0.0733 e. The van der Waals surface area contributed by atoms with Gasteiger partial charge < -0.3 is 5.11 Å². The minimum atomic E-state index is -1.40. The predicted octanol–water partition coefficient (Wildman–Crippen LogP) is 5.12. The summed E-state index contributed by atoms with van der Waals surface area (Å²) in [6.45, 7) is 14.2. The molecular formula is C18H26OSSi. The molecule has 0 spiro atoms. The first-order valence-corrected chi connectivity index (χ1v) is 12.2. The van der Waals surface area contributed by atoms with Gasteiger partial charge in [0.1, 0.15) is 0 Å². The number of aliphatic hydroxyl groups is 1. The number of allylic oxidation sites excluding steroid dienone is 3. The Bertz CT molecular complexity index is 593. The minimum absolute atomic E-state index is 0.151. The van der Waals surface area contributed by atoms with Gasteiger partial charge in [-0.1, -0.05) is 44.4 Å². The Labute approximate surface area is 133 Å². The minimum Gasteiger partial charge on any atom is -0.393 e.